The molecular weight excluding hydrogens is 332 g/mol. The molecule has 1 saturated heterocycles. The zero-order valence-electron chi connectivity index (χ0n) is 11.4. The first-order valence-corrected chi connectivity index (χ1v) is 6.20. The Labute approximate surface area is 119 Å². The molecule has 132 valence electrons. The van der Waals surface area contributed by atoms with E-state index in [9.17, 15) is 45.3 Å². The van der Waals surface area contributed by atoms with Gasteiger partial charge in [-0.2, -0.15) is 35.1 Å². The largest absolute Gasteiger partial charge is 0.449 e. The molecule has 0 aliphatic carbocycles. The van der Waals surface area contributed by atoms with Gasteiger partial charge in [-0.05, 0) is 12.8 Å². The van der Waals surface area contributed by atoms with Crippen LogP contribution in [-0.4, -0.2) is 45.5 Å². The Morgan fingerprint density at radius 2 is 1.36 bits per heavy atom. The Kier molecular flexibility index (Phi) is 4.32. The van der Waals surface area contributed by atoms with Crippen LogP contribution in [0.3, 0.4) is 0 Å². The van der Waals surface area contributed by atoms with E-state index in [0.29, 0.717) is 0 Å². The van der Waals surface area contributed by atoms with Crippen LogP contribution in [0.2, 0.25) is 0 Å². The molecular formula is C11H14F8O3. The van der Waals surface area contributed by atoms with Crippen LogP contribution in [0.15, 0.2) is 0 Å². The summed E-state index contributed by atoms with van der Waals surface area (Å²) in [6.45, 7) is 1.54. The first-order valence-electron chi connectivity index (χ1n) is 6.20. The number of hydrogen-bond acceptors (Lipinski definition) is 3. The predicted octanol–water partition coefficient (Wildman–Crippen LogP) is 3.15. The van der Waals surface area contributed by atoms with Crippen molar-refractivity contribution in [1.29, 1.82) is 0 Å². The molecule has 22 heavy (non-hydrogen) atoms. The van der Waals surface area contributed by atoms with Gasteiger partial charge >= 0.3 is 24.1 Å². The minimum atomic E-state index is -6.26. The second-order valence-corrected chi connectivity index (χ2v) is 5.23. The van der Waals surface area contributed by atoms with Crippen molar-refractivity contribution >= 4 is 0 Å². The Hall–Kier alpha value is -0.680. The molecule has 0 aromatic heterocycles. The van der Waals surface area contributed by atoms with Crippen LogP contribution in [0.1, 0.15) is 33.1 Å². The number of halogens is 8. The molecule has 1 aliphatic heterocycles. The van der Waals surface area contributed by atoms with Crippen LogP contribution in [-0.2, 0) is 4.74 Å². The summed E-state index contributed by atoms with van der Waals surface area (Å²) in [5, 5.41) is 19.0. The first kappa shape index (κ1) is 19.4. The molecule has 0 radical (unpaired) electrons. The van der Waals surface area contributed by atoms with Crippen molar-refractivity contribution in [3.8, 4) is 0 Å². The Bertz CT molecular complexity index is 434. The molecule has 3 atom stereocenters. The molecule has 0 amide bonds. The van der Waals surface area contributed by atoms with Crippen LogP contribution >= 0.6 is 0 Å². The van der Waals surface area contributed by atoms with Crippen LogP contribution in [0.5, 0.6) is 0 Å². The van der Waals surface area contributed by atoms with Crippen LogP contribution in [0, 0.1) is 0 Å². The molecule has 0 bridgehead atoms. The van der Waals surface area contributed by atoms with Gasteiger partial charge in [0.05, 0.1) is 0 Å². The standard InChI is InChI=1S/C11H14F8O3/c1-3-6(20)5-7(4-2,10(14,15)16)22-9(21,8(6,12)13)11(17,18)19/h20-21H,3-5H2,1-2H3. The molecule has 1 rings (SSSR count). The van der Waals surface area contributed by atoms with Crippen molar-refractivity contribution in [1.82, 2.24) is 0 Å². The van der Waals surface area contributed by atoms with E-state index in [4.69, 9.17) is 0 Å². The quantitative estimate of drug-likeness (QED) is 0.756. The number of aliphatic hydroxyl groups is 2. The van der Waals surface area contributed by atoms with Gasteiger partial charge in [0.1, 0.15) is 5.60 Å². The number of alkyl halides is 8. The minimum absolute atomic E-state index is 0.754. The highest BCUT2D eigenvalue weighted by Crippen LogP contribution is 2.60. The van der Waals surface area contributed by atoms with Gasteiger partial charge in [-0.25, -0.2) is 0 Å². The van der Waals surface area contributed by atoms with Gasteiger partial charge in [0, 0.05) is 6.42 Å². The summed E-state index contributed by atoms with van der Waals surface area (Å²) >= 11 is 0. The Morgan fingerprint density at radius 1 is 0.909 bits per heavy atom. The fourth-order valence-corrected chi connectivity index (χ4v) is 2.42. The van der Waals surface area contributed by atoms with Crippen LogP contribution in [0.25, 0.3) is 0 Å². The topological polar surface area (TPSA) is 49.7 Å². The lowest BCUT2D eigenvalue weighted by atomic mass is 9.72. The fraction of sp³-hybridized carbons (Fsp3) is 1.00. The van der Waals surface area contributed by atoms with E-state index in [0.717, 1.165) is 13.8 Å². The average molecular weight is 346 g/mol. The highest BCUT2D eigenvalue weighted by molar-refractivity contribution is 5.14. The highest BCUT2D eigenvalue weighted by Gasteiger charge is 2.84. The van der Waals surface area contributed by atoms with Gasteiger partial charge in [-0.3, -0.25) is 0 Å². The van der Waals surface area contributed by atoms with Gasteiger partial charge in [-0.1, -0.05) is 13.8 Å². The summed E-state index contributed by atoms with van der Waals surface area (Å²) < 4.78 is 109. The molecule has 0 aromatic rings. The minimum Gasteiger partial charge on any atom is -0.383 e. The lowest BCUT2D eigenvalue weighted by Gasteiger charge is -2.55. The second kappa shape index (κ2) is 4.91. The maximum absolute atomic E-state index is 14.0. The van der Waals surface area contributed by atoms with E-state index < -0.39 is 54.5 Å². The molecule has 0 aromatic carbocycles. The normalized spacial score (nSPS) is 39.8. The van der Waals surface area contributed by atoms with Crippen molar-refractivity contribution in [2.75, 3.05) is 0 Å². The van der Waals surface area contributed by atoms with E-state index in [1.54, 1.807) is 0 Å². The van der Waals surface area contributed by atoms with Gasteiger partial charge in [-0.15, -0.1) is 0 Å². The van der Waals surface area contributed by atoms with Crippen LogP contribution in [0.4, 0.5) is 35.1 Å². The maximum atomic E-state index is 14.0. The van der Waals surface area contributed by atoms with Crippen molar-refractivity contribution in [3.05, 3.63) is 0 Å². The SMILES string of the molecule is CCC1(O)CC(CC)(C(F)(F)F)OC(O)(C(F)(F)F)C1(F)F. The second-order valence-electron chi connectivity index (χ2n) is 5.23. The summed E-state index contributed by atoms with van der Waals surface area (Å²) in [5.74, 6) is -10.9. The monoisotopic (exact) mass is 346 g/mol. The molecule has 0 saturated carbocycles. The number of rotatable bonds is 2. The third kappa shape index (κ3) is 2.28. The predicted molar refractivity (Wildman–Crippen MR) is 56.0 cm³/mol. The third-order valence-electron chi connectivity index (χ3n) is 3.99. The Morgan fingerprint density at radius 3 is 1.64 bits per heavy atom. The van der Waals surface area contributed by atoms with Gasteiger partial charge < -0.3 is 14.9 Å². The smallest absolute Gasteiger partial charge is 0.383 e. The number of hydrogen-bond donors (Lipinski definition) is 2. The molecule has 2 N–H and O–H groups in total. The van der Waals surface area contributed by atoms with E-state index in [1.165, 1.54) is 0 Å². The van der Waals surface area contributed by atoms with E-state index >= 15 is 0 Å². The van der Waals surface area contributed by atoms with E-state index in [2.05, 4.69) is 4.74 Å². The lowest BCUT2D eigenvalue weighted by molar-refractivity contribution is -0.519. The van der Waals surface area contributed by atoms with Crippen molar-refractivity contribution in [2.24, 2.45) is 0 Å². The van der Waals surface area contributed by atoms with Crippen molar-refractivity contribution in [3.63, 3.8) is 0 Å². The third-order valence-corrected chi connectivity index (χ3v) is 3.99. The Balaban J connectivity index is 3.65. The molecule has 11 heteroatoms. The zero-order valence-corrected chi connectivity index (χ0v) is 11.4. The van der Waals surface area contributed by atoms with Crippen LogP contribution < -0.4 is 0 Å². The zero-order chi connectivity index (χ0) is 17.8. The molecule has 3 unspecified atom stereocenters. The number of ether oxygens (including phenoxy) is 1. The summed E-state index contributed by atoms with van der Waals surface area (Å²) in [5.41, 5.74) is -7.51. The first-order chi connectivity index (χ1) is 9.54. The fourth-order valence-electron chi connectivity index (χ4n) is 2.42. The molecule has 0 spiro atoms. The lowest BCUT2D eigenvalue weighted by Crippen LogP contribution is -2.78. The molecule has 3 nitrogen and oxygen atoms in total. The van der Waals surface area contributed by atoms with E-state index in [1.807, 2.05) is 0 Å². The van der Waals surface area contributed by atoms with E-state index in [-0.39, 0.29) is 0 Å². The maximum Gasteiger partial charge on any atom is 0.449 e. The summed E-state index contributed by atoms with van der Waals surface area (Å²) in [7, 11) is 0. The van der Waals surface area contributed by atoms with Crippen molar-refractivity contribution in [2.45, 2.75) is 68.4 Å². The molecule has 1 aliphatic rings. The molecule has 1 fully saturated rings. The summed E-state index contributed by atoms with van der Waals surface area (Å²) in [4.78, 5) is 0. The average Bonchev–Trinajstić information content (AvgIpc) is 2.33. The van der Waals surface area contributed by atoms with Crippen molar-refractivity contribution < 1.29 is 50.1 Å². The van der Waals surface area contributed by atoms with Gasteiger partial charge in [0.2, 0.25) is 0 Å². The summed E-state index contributed by atoms with van der Waals surface area (Å²) in [6.07, 6.45) is -16.0. The molecule has 1 heterocycles. The van der Waals surface area contributed by atoms with Gasteiger partial charge in [0.25, 0.3) is 0 Å². The van der Waals surface area contributed by atoms with Gasteiger partial charge in [0.15, 0.2) is 5.60 Å². The highest BCUT2D eigenvalue weighted by atomic mass is 19.4. The summed E-state index contributed by atoms with van der Waals surface area (Å²) in [6, 6.07) is 0.